The minimum absolute atomic E-state index is 0.00996. The first-order chi connectivity index (χ1) is 8.58. The Bertz CT molecular complexity index is 567. The van der Waals surface area contributed by atoms with Crippen molar-refractivity contribution in [3.8, 4) is 0 Å². The van der Waals surface area contributed by atoms with Gasteiger partial charge >= 0.3 is 0 Å². The lowest BCUT2D eigenvalue weighted by atomic mass is 10.1. The molecule has 0 aliphatic carbocycles. The lowest BCUT2D eigenvalue weighted by Gasteiger charge is -2.10. The second-order valence-corrected chi connectivity index (χ2v) is 4.27. The zero-order valence-corrected chi connectivity index (χ0v) is 10.2. The molecular formula is C14H16FN3. The summed E-state index contributed by atoms with van der Waals surface area (Å²) in [6.45, 7) is 2.56. The number of nitrogen functional groups attached to an aromatic ring is 2. The number of anilines is 3. The first-order valence-electron chi connectivity index (χ1n) is 5.71. The van der Waals surface area contributed by atoms with Crippen molar-refractivity contribution >= 4 is 17.1 Å². The maximum Gasteiger partial charge on any atom is 0.171 e. The van der Waals surface area contributed by atoms with Gasteiger partial charge in [0.2, 0.25) is 0 Å². The highest BCUT2D eigenvalue weighted by Crippen LogP contribution is 2.26. The van der Waals surface area contributed by atoms with Gasteiger partial charge in [0.25, 0.3) is 0 Å². The summed E-state index contributed by atoms with van der Waals surface area (Å²) in [5, 5.41) is 3.01. The topological polar surface area (TPSA) is 64.1 Å². The van der Waals surface area contributed by atoms with Gasteiger partial charge in [0.1, 0.15) is 0 Å². The van der Waals surface area contributed by atoms with Gasteiger partial charge in [-0.3, -0.25) is 0 Å². The van der Waals surface area contributed by atoms with Crippen molar-refractivity contribution in [1.29, 1.82) is 0 Å². The van der Waals surface area contributed by atoms with Crippen molar-refractivity contribution in [2.75, 3.05) is 16.8 Å². The van der Waals surface area contributed by atoms with E-state index in [1.54, 1.807) is 12.1 Å². The average Bonchev–Trinajstić information content (AvgIpc) is 2.35. The summed E-state index contributed by atoms with van der Waals surface area (Å²) in [5.74, 6) is -0.498. The normalized spacial score (nSPS) is 10.3. The summed E-state index contributed by atoms with van der Waals surface area (Å²) in [6.07, 6.45) is 0. The van der Waals surface area contributed by atoms with E-state index in [1.165, 1.54) is 5.56 Å². The number of nitrogens with two attached hydrogens (primary N) is 2. The van der Waals surface area contributed by atoms with Crippen molar-refractivity contribution < 1.29 is 4.39 Å². The van der Waals surface area contributed by atoms with Crippen LogP contribution in [-0.2, 0) is 6.54 Å². The molecule has 0 spiro atoms. The molecule has 0 atom stereocenters. The summed E-state index contributed by atoms with van der Waals surface area (Å²) >= 11 is 0. The predicted octanol–water partition coefficient (Wildman–Crippen LogP) is 2.91. The molecule has 18 heavy (non-hydrogen) atoms. The highest BCUT2D eigenvalue weighted by molar-refractivity contribution is 5.70. The van der Waals surface area contributed by atoms with Crippen LogP contribution in [0.15, 0.2) is 36.4 Å². The quantitative estimate of drug-likeness (QED) is 0.728. The van der Waals surface area contributed by atoms with Crippen LogP contribution >= 0.6 is 0 Å². The molecule has 2 aromatic rings. The largest absolute Gasteiger partial charge is 0.397 e. The van der Waals surface area contributed by atoms with Gasteiger partial charge in [-0.2, -0.15) is 0 Å². The summed E-state index contributed by atoms with van der Waals surface area (Å²) in [6, 6.07) is 11.2. The number of benzene rings is 2. The van der Waals surface area contributed by atoms with Gasteiger partial charge in [0, 0.05) is 6.54 Å². The van der Waals surface area contributed by atoms with E-state index in [-0.39, 0.29) is 11.4 Å². The second kappa shape index (κ2) is 4.96. The number of aryl methyl sites for hydroxylation is 1. The molecule has 0 aromatic heterocycles. The van der Waals surface area contributed by atoms with E-state index in [2.05, 4.69) is 5.32 Å². The Morgan fingerprint density at radius 3 is 2.67 bits per heavy atom. The Labute approximate surface area is 106 Å². The van der Waals surface area contributed by atoms with Gasteiger partial charge in [-0.15, -0.1) is 0 Å². The van der Waals surface area contributed by atoms with Crippen molar-refractivity contribution in [3.63, 3.8) is 0 Å². The van der Waals surface area contributed by atoms with Gasteiger partial charge < -0.3 is 16.8 Å². The summed E-state index contributed by atoms with van der Waals surface area (Å²) < 4.78 is 13.8. The fourth-order valence-electron chi connectivity index (χ4n) is 1.76. The molecule has 0 bridgehead atoms. The van der Waals surface area contributed by atoms with Crippen molar-refractivity contribution in [2.45, 2.75) is 13.5 Å². The highest BCUT2D eigenvalue weighted by Gasteiger charge is 2.08. The zero-order chi connectivity index (χ0) is 13.1. The molecule has 0 saturated heterocycles. The lowest BCUT2D eigenvalue weighted by molar-refractivity contribution is 0.635. The Morgan fingerprint density at radius 1 is 1.17 bits per heavy atom. The zero-order valence-electron chi connectivity index (χ0n) is 10.2. The van der Waals surface area contributed by atoms with Gasteiger partial charge in [-0.25, -0.2) is 4.39 Å². The molecule has 5 N–H and O–H groups in total. The second-order valence-electron chi connectivity index (χ2n) is 4.27. The first-order valence-corrected chi connectivity index (χ1v) is 5.71. The minimum Gasteiger partial charge on any atom is -0.397 e. The number of hydrogen-bond acceptors (Lipinski definition) is 3. The molecule has 4 heteroatoms. The van der Waals surface area contributed by atoms with Crippen LogP contribution in [0.1, 0.15) is 11.1 Å². The molecule has 3 nitrogen and oxygen atoms in total. The molecule has 0 heterocycles. The summed E-state index contributed by atoms with van der Waals surface area (Å²) in [5.41, 5.74) is 13.9. The maximum atomic E-state index is 13.8. The highest BCUT2D eigenvalue weighted by atomic mass is 19.1. The van der Waals surface area contributed by atoms with Crippen molar-refractivity contribution in [2.24, 2.45) is 0 Å². The molecule has 94 valence electrons. The van der Waals surface area contributed by atoms with Crippen LogP contribution in [0.5, 0.6) is 0 Å². The molecule has 0 radical (unpaired) electrons. The number of nitrogens with one attached hydrogen (secondary N) is 1. The van der Waals surface area contributed by atoms with E-state index >= 15 is 0 Å². The summed E-state index contributed by atoms with van der Waals surface area (Å²) in [7, 11) is 0. The number of hydrogen-bond donors (Lipinski definition) is 3. The van der Waals surface area contributed by atoms with E-state index < -0.39 is 5.82 Å². The minimum atomic E-state index is -0.498. The fraction of sp³-hybridized carbons (Fsp3) is 0.143. The van der Waals surface area contributed by atoms with E-state index in [1.807, 2.05) is 31.2 Å². The van der Waals surface area contributed by atoms with Crippen LogP contribution in [0.25, 0.3) is 0 Å². The number of rotatable bonds is 3. The average molecular weight is 245 g/mol. The third-order valence-electron chi connectivity index (χ3n) is 2.78. The van der Waals surface area contributed by atoms with Crippen LogP contribution in [-0.4, -0.2) is 0 Å². The molecule has 0 aliphatic rings. The molecule has 0 amide bonds. The van der Waals surface area contributed by atoms with Crippen molar-refractivity contribution in [3.05, 3.63) is 53.3 Å². The van der Waals surface area contributed by atoms with Gasteiger partial charge in [-0.05, 0) is 24.6 Å². The smallest absolute Gasteiger partial charge is 0.171 e. The van der Waals surface area contributed by atoms with Crippen molar-refractivity contribution in [1.82, 2.24) is 0 Å². The molecule has 0 unspecified atom stereocenters. The Kier molecular flexibility index (Phi) is 3.37. The van der Waals surface area contributed by atoms with E-state index in [4.69, 9.17) is 11.5 Å². The molecule has 0 saturated carbocycles. The third-order valence-corrected chi connectivity index (χ3v) is 2.78. The molecule has 2 rings (SSSR count). The van der Waals surface area contributed by atoms with Crippen LogP contribution in [0.2, 0.25) is 0 Å². The lowest BCUT2D eigenvalue weighted by Crippen LogP contribution is -2.05. The van der Waals surface area contributed by atoms with E-state index in [0.29, 0.717) is 12.2 Å². The van der Waals surface area contributed by atoms with Gasteiger partial charge in [0.05, 0.1) is 17.1 Å². The third kappa shape index (κ3) is 2.53. The van der Waals surface area contributed by atoms with Crippen LogP contribution in [0, 0.1) is 12.7 Å². The Morgan fingerprint density at radius 2 is 1.94 bits per heavy atom. The molecule has 0 fully saturated rings. The van der Waals surface area contributed by atoms with Crippen LogP contribution in [0.3, 0.4) is 0 Å². The standard InChI is InChI=1S/C14H16FN3/c1-9-3-2-4-10(7-9)8-18-12-6-5-11(16)14(17)13(12)15/h2-7,18H,8,16-17H2,1H3. The first kappa shape index (κ1) is 12.2. The molecule has 2 aromatic carbocycles. The Balaban J connectivity index is 2.14. The van der Waals surface area contributed by atoms with Gasteiger partial charge in [0.15, 0.2) is 5.82 Å². The predicted molar refractivity (Wildman–Crippen MR) is 73.7 cm³/mol. The Hall–Kier alpha value is -2.23. The molecule has 0 aliphatic heterocycles. The van der Waals surface area contributed by atoms with E-state index in [9.17, 15) is 4.39 Å². The van der Waals surface area contributed by atoms with E-state index in [0.717, 1.165) is 5.56 Å². The number of halogens is 1. The van der Waals surface area contributed by atoms with Gasteiger partial charge in [-0.1, -0.05) is 29.8 Å². The maximum absolute atomic E-state index is 13.8. The van der Waals surface area contributed by atoms with Crippen LogP contribution < -0.4 is 16.8 Å². The monoisotopic (exact) mass is 245 g/mol. The summed E-state index contributed by atoms with van der Waals surface area (Å²) in [4.78, 5) is 0. The molecular weight excluding hydrogens is 229 g/mol. The van der Waals surface area contributed by atoms with Crippen LogP contribution in [0.4, 0.5) is 21.5 Å². The SMILES string of the molecule is Cc1cccc(CNc2ccc(N)c(N)c2F)c1. The fourth-order valence-corrected chi connectivity index (χ4v) is 1.76.